The molecule has 0 radical (unpaired) electrons. The Hall–Kier alpha value is -3.40. The molecule has 4 aromatic rings. The summed E-state index contributed by atoms with van der Waals surface area (Å²) in [6, 6.07) is 6.30. The molecule has 174 valence electrons. The zero-order valence-corrected chi connectivity index (χ0v) is 19.6. The van der Waals surface area contributed by atoms with Gasteiger partial charge in [-0.15, -0.1) is 0 Å². The summed E-state index contributed by atoms with van der Waals surface area (Å²) in [7, 11) is 1.76. The van der Waals surface area contributed by atoms with Crippen molar-refractivity contribution in [2.75, 3.05) is 19.0 Å². The van der Waals surface area contributed by atoms with Crippen LogP contribution in [0.3, 0.4) is 0 Å². The molecular formula is C22H27ClN8O2. The number of unbranched alkanes of at least 4 members (excludes halogenated alkanes) is 1. The number of halogens is 1. The standard InChI is InChI=1S/C22H27ClN8O2/c1-14(2)31-13-26-16-7-6-15(10-17(16)31)11-25-22(32)33-9-5-4-8-30-12-27-18-19(24-3)28-21(23)29-20(18)30/h6-7,10,12-14H,4-5,8-9,11H2,1-3H3,(H,25,32)(H,24,28,29). The molecule has 0 unspecified atom stereocenters. The number of carbonyl (C=O) groups excluding carboxylic acids is 1. The van der Waals surface area contributed by atoms with Crippen molar-refractivity contribution >= 4 is 45.7 Å². The summed E-state index contributed by atoms with van der Waals surface area (Å²) in [4.78, 5) is 29.2. The monoisotopic (exact) mass is 470 g/mol. The van der Waals surface area contributed by atoms with E-state index in [9.17, 15) is 4.79 Å². The highest BCUT2D eigenvalue weighted by Crippen LogP contribution is 2.21. The first kappa shape index (κ1) is 22.8. The van der Waals surface area contributed by atoms with Crippen molar-refractivity contribution in [3.63, 3.8) is 0 Å². The molecule has 0 saturated carbocycles. The SMILES string of the molecule is CNc1nc(Cl)nc2c1ncn2CCCCOC(=O)NCc1ccc2ncn(C(C)C)c2c1. The van der Waals surface area contributed by atoms with Gasteiger partial charge in [-0.25, -0.2) is 14.8 Å². The van der Waals surface area contributed by atoms with Crippen LogP contribution in [0.5, 0.6) is 0 Å². The molecule has 0 bridgehead atoms. The second-order valence-electron chi connectivity index (χ2n) is 7.97. The van der Waals surface area contributed by atoms with Crippen LogP contribution in [0.4, 0.5) is 10.6 Å². The third-order valence-corrected chi connectivity index (χ3v) is 5.50. The van der Waals surface area contributed by atoms with E-state index in [2.05, 4.69) is 49.0 Å². The Balaban J connectivity index is 1.22. The van der Waals surface area contributed by atoms with E-state index in [0.717, 1.165) is 23.0 Å². The quantitative estimate of drug-likeness (QED) is 0.279. The van der Waals surface area contributed by atoms with Gasteiger partial charge in [0.25, 0.3) is 0 Å². The summed E-state index contributed by atoms with van der Waals surface area (Å²) in [6.45, 7) is 5.63. The van der Waals surface area contributed by atoms with Crippen molar-refractivity contribution in [3.8, 4) is 0 Å². The molecular weight excluding hydrogens is 444 g/mol. The molecule has 0 atom stereocenters. The van der Waals surface area contributed by atoms with Crippen molar-refractivity contribution in [1.82, 2.24) is 34.4 Å². The number of carbonyl (C=O) groups is 1. The molecule has 3 heterocycles. The Bertz CT molecular complexity index is 1270. The Morgan fingerprint density at radius 2 is 2.03 bits per heavy atom. The molecule has 0 aliphatic heterocycles. The predicted octanol–water partition coefficient (Wildman–Crippen LogP) is 4.16. The predicted molar refractivity (Wildman–Crippen MR) is 127 cm³/mol. The molecule has 11 heteroatoms. The van der Waals surface area contributed by atoms with Gasteiger partial charge in [-0.05, 0) is 56.0 Å². The van der Waals surface area contributed by atoms with Crippen molar-refractivity contribution in [2.45, 2.75) is 45.8 Å². The summed E-state index contributed by atoms with van der Waals surface area (Å²) < 4.78 is 9.34. The summed E-state index contributed by atoms with van der Waals surface area (Å²) >= 11 is 6.00. The Kier molecular flexibility index (Phi) is 6.93. The fourth-order valence-corrected chi connectivity index (χ4v) is 3.79. The maximum Gasteiger partial charge on any atom is 0.407 e. The number of imidazole rings is 2. The van der Waals surface area contributed by atoms with Crippen LogP contribution in [0.1, 0.15) is 38.3 Å². The molecule has 1 aromatic carbocycles. The first-order valence-corrected chi connectivity index (χ1v) is 11.3. The molecule has 10 nitrogen and oxygen atoms in total. The highest BCUT2D eigenvalue weighted by Gasteiger charge is 2.12. The lowest BCUT2D eigenvalue weighted by Gasteiger charge is -2.10. The van der Waals surface area contributed by atoms with Gasteiger partial charge in [0.15, 0.2) is 17.0 Å². The van der Waals surface area contributed by atoms with E-state index >= 15 is 0 Å². The summed E-state index contributed by atoms with van der Waals surface area (Å²) in [6.07, 6.45) is 4.63. The minimum Gasteiger partial charge on any atom is -0.450 e. The number of alkyl carbamates (subject to hydrolysis) is 1. The van der Waals surface area contributed by atoms with E-state index in [0.29, 0.717) is 49.1 Å². The minimum atomic E-state index is -0.432. The number of fused-ring (bicyclic) bond motifs is 2. The highest BCUT2D eigenvalue weighted by molar-refractivity contribution is 6.28. The van der Waals surface area contributed by atoms with Gasteiger partial charge in [-0.3, -0.25) is 0 Å². The number of aryl methyl sites for hydroxylation is 1. The van der Waals surface area contributed by atoms with Crippen molar-refractivity contribution in [2.24, 2.45) is 0 Å². The number of benzene rings is 1. The van der Waals surface area contributed by atoms with Gasteiger partial charge in [0.2, 0.25) is 5.28 Å². The van der Waals surface area contributed by atoms with Crippen molar-refractivity contribution in [3.05, 3.63) is 41.7 Å². The first-order valence-electron chi connectivity index (χ1n) is 10.9. The van der Waals surface area contributed by atoms with Crippen LogP contribution in [0.25, 0.3) is 22.2 Å². The molecule has 2 N–H and O–H groups in total. The fourth-order valence-electron chi connectivity index (χ4n) is 3.62. The number of amides is 1. The molecule has 4 rings (SSSR count). The van der Waals surface area contributed by atoms with Gasteiger partial charge in [0, 0.05) is 26.2 Å². The van der Waals surface area contributed by atoms with Crippen LogP contribution >= 0.6 is 11.6 Å². The Morgan fingerprint density at radius 1 is 1.18 bits per heavy atom. The molecule has 33 heavy (non-hydrogen) atoms. The van der Waals surface area contributed by atoms with Crippen LogP contribution in [0.15, 0.2) is 30.9 Å². The van der Waals surface area contributed by atoms with Crippen LogP contribution in [-0.2, 0) is 17.8 Å². The van der Waals surface area contributed by atoms with Crippen LogP contribution in [0, 0.1) is 0 Å². The number of rotatable bonds is 9. The van der Waals surface area contributed by atoms with E-state index in [1.54, 1.807) is 13.4 Å². The van der Waals surface area contributed by atoms with E-state index in [-0.39, 0.29) is 5.28 Å². The van der Waals surface area contributed by atoms with Gasteiger partial charge in [0.1, 0.15) is 0 Å². The number of ether oxygens (including phenoxy) is 1. The van der Waals surface area contributed by atoms with Gasteiger partial charge >= 0.3 is 6.09 Å². The lowest BCUT2D eigenvalue weighted by Crippen LogP contribution is -2.24. The van der Waals surface area contributed by atoms with Crippen LogP contribution in [0.2, 0.25) is 5.28 Å². The molecule has 0 fully saturated rings. The smallest absolute Gasteiger partial charge is 0.407 e. The number of nitrogens with zero attached hydrogens (tertiary/aromatic N) is 6. The Morgan fingerprint density at radius 3 is 2.82 bits per heavy atom. The molecule has 0 saturated heterocycles. The summed E-state index contributed by atoms with van der Waals surface area (Å²) in [5.41, 5.74) is 4.34. The first-order chi connectivity index (χ1) is 16.0. The molecule has 3 aromatic heterocycles. The normalized spacial score (nSPS) is 11.4. The average molecular weight is 471 g/mol. The largest absolute Gasteiger partial charge is 0.450 e. The van der Waals surface area contributed by atoms with Crippen molar-refractivity contribution in [1.29, 1.82) is 0 Å². The van der Waals surface area contributed by atoms with Gasteiger partial charge in [-0.1, -0.05) is 6.07 Å². The van der Waals surface area contributed by atoms with Gasteiger partial charge < -0.3 is 24.5 Å². The molecule has 0 spiro atoms. The van der Waals surface area contributed by atoms with Crippen LogP contribution in [-0.4, -0.2) is 48.8 Å². The lowest BCUT2D eigenvalue weighted by atomic mass is 10.2. The zero-order valence-electron chi connectivity index (χ0n) is 18.9. The lowest BCUT2D eigenvalue weighted by molar-refractivity contribution is 0.143. The summed E-state index contributed by atoms with van der Waals surface area (Å²) in [5, 5.41) is 5.95. The topological polar surface area (TPSA) is 112 Å². The van der Waals surface area contributed by atoms with Gasteiger partial charge in [0.05, 0.1) is 30.3 Å². The third-order valence-electron chi connectivity index (χ3n) is 5.33. The van der Waals surface area contributed by atoms with E-state index in [4.69, 9.17) is 16.3 Å². The minimum absolute atomic E-state index is 0.168. The number of aromatic nitrogens is 6. The maximum atomic E-state index is 12.1. The summed E-state index contributed by atoms with van der Waals surface area (Å²) in [5.74, 6) is 0.594. The van der Waals surface area contributed by atoms with Crippen molar-refractivity contribution < 1.29 is 9.53 Å². The zero-order chi connectivity index (χ0) is 23.4. The maximum absolute atomic E-state index is 12.1. The number of hydrogen-bond acceptors (Lipinski definition) is 7. The number of anilines is 1. The van der Waals surface area contributed by atoms with E-state index in [1.807, 2.05) is 29.1 Å². The number of hydrogen-bond donors (Lipinski definition) is 2. The van der Waals surface area contributed by atoms with E-state index in [1.165, 1.54) is 0 Å². The molecule has 0 aliphatic rings. The number of nitrogens with one attached hydrogen (secondary N) is 2. The fraction of sp³-hybridized carbons (Fsp3) is 0.409. The second kappa shape index (κ2) is 10.0. The highest BCUT2D eigenvalue weighted by atomic mass is 35.5. The second-order valence-corrected chi connectivity index (χ2v) is 8.30. The van der Waals surface area contributed by atoms with Crippen LogP contribution < -0.4 is 10.6 Å². The molecule has 0 aliphatic carbocycles. The average Bonchev–Trinajstić information content (AvgIpc) is 3.40. The van der Waals surface area contributed by atoms with E-state index < -0.39 is 6.09 Å². The Labute approximate surface area is 196 Å². The third kappa shape index (κ3) is 5.16. The molecule has 1 amide bonds. The van der Waals surface area contributed by atoms with Gasteiger partial charge in [-0.2, -0.15) is 9.97 Å².